The number of carbonyl (C=O) groups excluding carboxylic acids is 2. The molecule has 0 aliphatic heterocycles. The van der Waals surface area contributed by atoms with Crippen LogP contribution in [-0.2, 0) is 20.8 Å². The average molecular weight is 252 g/mol. The van der Waals surface area contributed by atoms with Crippen LogP contribution in [0.3, 0.4) is 0 Å². The highest BCUT2D eigenvalue weighted by atomic mass is 16.5. The minimum atomic E-state index is -0.467. The van der Waals surface area contributed by atoms with Crippen LogP contribution >= 0.6 is 0 Å². The van der Waals surface area contributed by atoms with E-state index in [0.29, 0.717) is 18.8 Å². The van der Waals surface area contributed by atoms with E-state index in [4.69, 9.17) is 9.47 Å². The molecular formula is C12H16N2O4. The fraction of sp³-hybridized carbons (Fsp3) is 0.417. The standard InChI is InChI=1S/C12H16N2O4/c1-4-17-11(15)9(3)7-14-8-10(6-13-14)12(16)18-5-2/h6,8H,3-5,7H2,1-2H3. The van der Waals surface area contributed by atoms with Crippen LogP contribution in [0, 0.1) is 0 Å². The summed E-state index contributed by atoms with van der Waals surface area (Å²) >= 11 is 0. The average Bonchev–Trinajstić information content (AvgIpc) is 2.78. The van der Waals surface area contributed by atoms with Crippen LogP contribution in [0.1, 0.15) is 24.2 Å². The zero-order chi connectivity index (χ0) is 13.5. The van der Waals surface area contributed by atoms with E-state index in [1.54, 1.807) is 13.8 Å². The summed E-state index contributed by atoms with van der Waals surface area (Å²) in [6, 6.07) is 0. The van der Waals surface area contributed by atoms with E-state index in [2.05, 4.69) is 11.7 Å². The fourth-order valence-corrected chi connectivity index (χ4v) is 1.26. The number of aromatic nitrogens is 2. The molecule has 0 saturated heterocycles. The summed E-state index contributed by atoms with van der Waals surface area (Å²) in [6.07, 6.45) is 2.89. The van der Waals surface area contributed by atoms with Gasteiger partial charge >= 0.3 is 11.9 Å². The molecule has 0 unspecified atom stereocenters. The van der Waals surface area contributed by atoms with Crippen molar-refractivity contribution >= 4 is 11.9 Å². The Hall–Kier alpha value is -2.11. The second-order valence-electron chi connectivity index (χ2n) is 3.47. The number of rotatable bonds is 6. The highest BCUT2D eigenvalue weighted by Gasteiger charge is 2.12. The Labute approximate surface area is 105 Å². The van der Waals surface area contributed by atoms with Gasteiger partial charge in [0, 0.05) is 6.20 Å². The van der Waals surface area contributed by atoms with Gasteiger partial charge in [-0.25, -0.2) is 9.59 Å². The van der Waals surface area contributed by atoms with E-state index in [9.17, 15) is 9.59 Å². The first-order chi connectivity index (χ1) is 8.58. The molecule has 0 aliphatic rings. The highest BCUT2D eigenvalue weighted by molar-refractivity contribution is 5.89. The first-order valence-corrected chi connectivity index (χ1v) is 5.63. The number of nitrogens with zero attached hydrogens (tertiary/aromatic N) is 2. The first kappa shape index (κ1) is 14.0. The lowest BCUT2D eigenvalue weighted by Crippen LogP contribution is -2.12. The Morgan fingerprint density at radius 2 is 2.00 bits per heavy atom. The summed E-state index contributed by atoms with van der Waals surface area (Å²) in [6.45, 7) is 7.84. The molecule has 1 heterocycles. The van der Waals surface area contributed by atoms with Gasteiger partial charge in [0.1, 0.15) is 0 Å². The van der Waals surface area contributed by atoms with E-state index in [1.165, 1.54) is 17.1 Å². The smallest absolute Gasteiger partial charge is 0.341 e. The SMILES string of the molecule is C=C(Cn1cc(C(=O)OCC)cn1)C(=O)OCC. The Balaban J connectivity index is 2.61. The molecule has 0 spiro atoms. The summed E-state index contributed by atoms with van der Waals surface area (Å²) in [5, 5.41) is 3.95. The zero-order valence-corrected chi connectivity index (χ0v) is 10.5. The van der Waals surface area contributed by atoms with Gasteiger partial charge in [-0.05, 0) is 13.8 Å². The maximum absolute atomic E-state index is 11.4. The molecule has 1 aromatic heterocycles. The molecular weight excluding hydrogens is 236 g/mol. The maximum atomic E-state index is 11.4. The third-order valence-electron chi connectivity index (χ3n) is 2.06. The van der Waals surface area contributed by atoms with Crippen molar-refractivity contribution in [2.24, 2.45) is 0 Å². The third kappa shape index (κ3) is 3.73. The van der Waals surface area contributed by atoms with Crippen LogP contribution in [0.25, 0.3) is 0 Å². The van der Waals surface area contributed by atoms with Crippen molar-refractivity contribution < 1.29 is 19.1 Å². The molecule has 0 aromatic carbocycles. The number of carbonyl (C=O) groups is 2. The summed E-state index contributed by atoms with van der Waals surface area (Å²) in [4.78, 5) is 22.7. The molecule has 0 amide bonds. The molecule has 1 rings (SSSR count). The maximum Gasteiger partial charge on any atom is 0.341 e. The van der Waals surface area contributed by atoms with Gasteiger partial charge in [-0.2, -0.15) is 5.10 Å². The summed E-state index contributed by atoms with van der Waals surface area (Å²) in [5.74, 6) is -0.906. The van der Waals surface area contributed by atoms with E-state index in [0.717, 1.165) is 0 Å². The Morgan fingerprint density at radius 1 is 1.33 bits per heavy atom. The second-order valence-corrected chi connectivity index (χ2v) is 3.47. The van der Waals surface area contributed by atoms with E-state index < -0.39 is 11.9 Å². The van der Waals surface area contributed by atoms with Gasteiger partial charge in [-0.1, -0.05) is 6.58 Å². The van der Waals surface area contributed by atoms with Crippen molar-refractivity contribution in [2.75, 3.05) is 13.2 Å². The lowest BCUT2D eigenvalue weighted by atomic mass is 10.3. The molecule has 18 heavy (non-hydrogen) atoms. The Morgan fingerprint density at radius 3 is 2.61 bits per heavy atom. The van der Waals surface area contributed by atoms with E-state index in [1.807, 2.05) is 0 Å². The van der Waals surface area contributed by atoms with Crippen LogP contribution in [0.15, 0.2) is 24.5 Å². The second kappa shape index (κ2) is 6.58. The van der Waals surface area contributed by atoms with Gasteiger partial charge < -0.3 is 9.47 Å². The van der Waals surface area contributed by atoms with Gasteiger partial charge in [0.25, 0.3) is 0 Å². The largest absolute Gasteiger partial charge is 0.463 e. The predicted molar refractivity (Wildman–Crippen MR) is 64.0 cm³/mol. The number of hydrogen-bond acceptors (Lipinski definition) is 5. The first-order valence-electron chi connectivity index (χ1n) is 5.63. The molecule has 0 N–H and O–H groups in total. The lowest BCUT2D eigenvalue weighted by Gasteiger charge is -2.04. The van der Waals surface area contributed by atoms with Crippen molar-refractivity contribution in [2.45, 2.75) is 20.4 Å². The lowest BCUT2D eigenvalue weighted by molar-refractivity contribution is -0.138. The molecule has 98 valence electrons. The quantitative estimate of drug-likeness (QED) is 0.561. The molecule has 0 bridgehead atoms. The minimum absolute atomic E-state index is 0.179. The number of esters is 2. The van der Waals surface area contributed by atoms with Gasteiger partial charge in [-0.3, -0.25) is 4.68 Å². The van der Waals surface area contributed by atoms with Crippen molar-refractivity contribution in [1.82, 2.24) is 9.78 Å². The monoisotopic (exact) mass is 252 g/mol. The van der Waals surface area contributed by atoms with Crippen LogP contribution in [0.4, 0.5) is 0 Å². The Bertz CT molecular complexity index is 451. The van der Waals surface area contributed by atoms with Crippen LogP contribution in [0.2, 0.25) is 0 Å². The van der Waals surface area contributed by atoms with Crippen LogP contribution < -0.4 is 0 Å². The molecule has 0 fully saturated rings. The van der Waals surface area contributed by atoms with Crippen molar-refractivity contribution in [3.8, 4) is 0 Å². The number of hydrogen-bond donors (Lipinski definition) is 0. The highest BCUT2D eigenvalue weighted by Crippen LogP contribution is 2.04. The summed E-state index contributed by atoms with van der Waals surface area (Å²) in [7, 11) is 0. The van der Waals surface area contributed by atoms with Crippen molar-refractivity contribution in [1.29, 1.82) is 0 Å². The molecule has 0 aliphatic carbocycles. The minimum Gasteiger partial charge on any atom is -0.463 e. The number of ether oxygens (including phenoxy) is 2. The van der Waals surface area contributed by atoms with Gasteiger partial charge in [0.05, 0.1) is 37.1 Å². The molecule has 1 aromatic rings. The fourth-order valence-electron chi connectivity index (χ4n) is 1.26. The molecule has 6 nitrogen and oxygen atoms in total. The van der Waals surface area contributed by atoms with Gasteiger partial charge in [0.2, 0.25) is 0 Å². The topological polar surface area (TPSA) is 70.4 Å². The van der Waals surface area contributed by atoms with E-state index >= 15 is 0 Å². The van der Waals surface area contributed by atoms with Gasteiger partial charge in [-0.15, -0.1) is 0 Å². The molecule has 0 radical (unpaired) electrons. The molecule has 0 atom stereocenters. The van der Waals surface area contributed by atoms with Crippen molar-refractivity contribution in [3.05, 3.63) is 30.1 Å². The third-order valence-corrected chi connectivity index (χ3v) is 2.06. The zero-order valence-electron chi connectivity index (χ0n) is 10.5. The molecule has 6 heteroatoms. The molecule has 0 saturated carbocycles. The van der Waals surface area contributed by atoms with Crippen molar-refractivity contribution in [3.63, 3.8) is 0 Å². The summed E-state index contributed by atoms with van der Waals surface area (Å²) < 4.78 is 11.1. The normalized spacial score (nSPS) is 9.89. The van der Waals surface area contributed by atoms with E-state index in [-0.39, 0.29) is 12.1 Å². The van der Waals surface area contributed by atoms with Crippen LogP contribution in [-0.4, -0.2) is 34.9 Å². The Kier molecular flexibility index (Phi) is 5.10. The predicted octanol–water partition coefficient (Wildman–Crippen LogP) is 1.18. The summed E-state index contributed by atoms with van der Waals surface area (Å²) in [5.41, 5.74) is 0.615. The van der Waals surface area contributed by atoms with Gasteiger partial charge in [0.15, 0.2) is 0 Å². The van der Waals surface area contributed by atoms with Crippen LogP contribution in [0.5, 0.6) is 0 Å².